The number of nitrogens with zero attached hydrogens (tertiary/aromatic N) is 2. The van der Waals surface area contributed by atoms with E-state index in [-0.39, 0.29) is 28.6 Å². The maximum absolute atomic E-state index is 13.1. The maximum Gasteiger partial charge on any atom is 0.446 e. The molecule has 0 spiro atoms. The normalized spacial score (nSPS) is 17.5. The topological polar surface area (TPSA) is 35.6 Å². The molecule has 0 bridgehead atoms. The van der Waals surface area contributed by atoms with Gasteiger partial charge in [-0.2, -0.15) is 13.2 Å². The quantitative estimate of drug-likeness (QED) is 0.356. The molecule has 1 saturated heterocycles. The predicted molar refractivity (Wildman–Crippen MR) is 139 cm³/mol. The van der Waals surface area contributed by atoms with Crippen LogP contribution < -0.4 is 10.2 Å². The van der Waals surface area contributed by atoms with Crippen LogP contribution in [0, 0.1) is 0 Å². The van der Waals surface area contributed by atoms with E-state index in [0.29, 0.717) is 18.7 Å². The SMILES string of the molecule is O=C(c1ccccc1)N1CCNCC1CCCN1c2ccccc2Sc2ccc(SC(F)(F)F)cc21. The molecule has 1 atom stereocenters. The Balaban J connectivity index is 1.34. The number of amides is 1. The molecule has 0 radical (unpaired) electrons. The first-order valence-corrected chi connectivity index (χ1v) is 13.5. The first-order valence-electron chi connectivity index (χ1n) is 11.9. The van der Waals surface area contributed by atoms with Crippen LogP contribution in [0.2, 0.25) is 0 Å². The van der Waals surface area contributed by atoms with Crippen molar-refractivity contribution < 1.29 is 18.0 Å². The van der Waals surface area contributed by atoms with E-state index in [0.717, 1.165) is 47.1 Å². The summed E-state index contributed by atoms with van der Waals surface area (Å²) >= 11 is 1.50. The Labute approximate surface area is 217 Å². The molecule has 5 rings (SSSR count). The molecule has 1 N–H and O–H groups in total. The van der Waals surface area contributed by atoms with Crippen LogP contribution in [0.5, 0.6) is 0 Å². The molecule has 4 nitrogen and oxygen atoms in total. The summed E-state index contributed by atoms with van der Waals surface area (Å²) in [6, 6.07) is 22.3. The number of fused-ring (bicyclic) bond motifs is 2. The molecule has 0 aliphatic carbocycles. The van der Waals surface area contributed by atoms with E-state index in [1.165, 1.54) is 6.07 Å². The van der Waals surface area contributed by atoms with Crippen molar-refractivity contribution in [3.63, 3.8) is 0 Å². The third-order valence-electron chi connectivity index (χ3n) is 6.38. The Morgan fingerprint density at radius 3 is 2.56 bits per heavy atom. The number of hydrogen-bond donors (Lipinski definition) is 1. The molecule has 0 aromatic heterocycles. The largest absolute Gasteiger partial charge is 0.446 e. The average molecular weight is 530 g/mol. The number of para-hydroxylation sites is 1. The van der Waals surface area contributed by atoms with E-state index in [2.05, 4.69) is 10.2 Å². The highest BCUT2D eigenvalue weighted by Gasteiger charge is 2.31. The van der Waals surface area contributed by atoms with Gasteiger partial charge in [-0.05, 0) is 67.1 Å². The minimum absolute atomic E-state index is 0.0426. The smallest absolute Gasteiger partial charge is 0.340 e. The summed E-state index contributed by atoms with van der Waals surface area (Å²) in [5, 5.41) is 3.40. The summed E-state index contributed by atoms with van der Waals surface area (Å²) in [4.78, 5) is 19.4. The van der Waals surface area contributed by atoms with Crippen molar-refractivity contribution in [2.45, 2.75) is 39.1 Å². The number of anilines is 2. The third kappa shape index (κ3) is 5.68. The zero-order valence-electron chi connectivity index (χ0n) is 19.5. The zero-order valence-corrected chi connectivity index (χ0v) is 21.1. The number of alkyl halides is 3. The lowest BCUT2D eigenvalue weighted by Crippen LogP contribution is -2.53. The van der Waals surface area contributed by atoms with Crippen LogP contribution >= 0.6 is 23.5 Å². The Kier molecular flexibility index (Phi) is 7.50. The third-order valence-corrected chi connectivity index (χ3v) is 8.23. The first kappa shape index (κ1) is 25.0. The number of rotatable bonds is 6. The fourth-order valence-electron chi connectivity index (χ4n) is 4.76. The lowest BCUT2D eigenvalue weighted by atomic mass is 10.0. The summed E-state index contributed by atoms with van der Waals surface area (Å²) < 4.78 is 39.1. The fraction of sp³-hybridized carbons (Fsp3) is 0.296. The molecular weight excluding hydrogens is 503 g/mol. The number of halogens is 3. The Hall–Kier alpha value is -2.62. The number of nitrogens with one attached hydrogen (secondary N) is 1. The second kappa shape index (κ2) is 10.8. The molecule has 3 aromatic rings. The van der Waals surface area contributed by atoms with Crippen LogP contribution in [0.15, 0.2) is 87.5 Å². The second-order valence-electron chi connectivity index (χ2n) is 8.76. The lowest BCUT2D eigenvalue weighted by molar-refractivity contribution is -0.0328. The molecule has 1 amide bonds. The van der Waals surface area contributed by atoms with Crippen LogP contribution in [0.3, 0.4) is 0 Å². The van der Waals surface area contributed by atoms with Gasteiger partial charge in [-0.1, -0.05) is 42.1 Å². The van der Waals surface area contributed by atoms with Gasteiger partial charge in [-0.15, -0.1) is 0 Å². The minimum atomic E-state index is -4.33. The summed E-state index contributed by atoms with van der Waals surface area (Å²) in [7, 11) is 0. The van der Waals surface area contributed by atoms with Crippen molar-refractivity contribution in [1.29, 1.82) is 0 Å². The van der Waals surface area contributed by atoms with Crippen molar-refractivity contribution in [2.24, 2.45) is 0 Å². The molecule has 36 heavy (non-hydrogen) atoms. The van der Waals surface area contributed by atoms with Crippen LogP contribution in [-0.4, -0.2) is 48.5 Å². The van der Waals surface area contributed by atoms with Crippen LogP contribution in [0.25, 0.3) is 0 Å². The van der Waals surface area contributed by atoms with Gasteiger partial charge in [0.2, 0.25) is 0 Å². The summed E-state index contributed by atoms with van der Waals surface area (Å²) in [6.07, 6.45) is 1.59. The lowest BCUT2D eigenvalue weighted by Gasteiger charge is -2.37. The molecule has 9 heteroatoms. The molecule has 2 aliphatic rings. The summed E-state index contributed by atoms with van der Waals surface area (Å²) in [5.41, 5.74) is -1.84. The summed E-state index contributed by atoms with van der Waals surface area (Å²) in [6.45, 7) is 2.80. The van der Waals surface area contributed by atoms with Gasteiger partial charge in [0, 0.05) is 52.5 Å². The second-order valence-corrected chi connectivity index (χ2v) is 11.0. The highest BCUT2D eigenvalue weighted by atomic mass is 32.2. The van der Waals surface area contributed by atoms with Gasteiger partial charge in [0.25, 0.3) is 5.91 Å². The van der Waals surface area contributed by atoms with E-state index in [1.807, 2.05) is 59.5 Å². The van der Waals surface area contributed by atoms with Gasteiger partial charge in [0.1, 0.15) is 0 Å². The van der Waals surface area contributed by atoms with Crippen LogP contribution in [-0.2, 0) is 0 Å². The number of benzene rings is 3. The molecule has 2 aliphatic heterocycles. The van der Waals surface area contributed by atoms with E-state index in [4.69, 9.17) is 0 Å². The van der Waals surface area contributed by atoms with Crippen molar-refractivity contribution in [1.82, 2.24) is 10.2 Å². The molecule has 3 aromatic carbocycles. The molecule has 1 unspecified atom stereocenters. The van der Waals surface area contributed by atoms with Crippen molar-refractivity contribution >= 4 is 40.8 Å². The first-order chi connectivity index (χ1) is 17.4. The number of hydrogen-bond acceptors (Lipinski definition) is 5. The summed E-state index contributed by atoms with van der Waals surface area (Å²) in [5.74, 6) is 0.0426. The van der Waals surface area contributed by atoms with Crippen molar-refractivity contribution in [2.75, 3.05) is 31.1 Å². The predicted octanol–water partition coefficient (Wildman–Crippen LogP) is 6.80. The number of carbonyl (C=O) groups is 1. The van der Waals surface area contributed by atoms with Gasteiger partial charge in [-0.25, -0.2) is 0 Å². The fourth-order valence-corrected chi connectivity index (χ4v) is 6.41. The highest BCUT2D eigenvalue weighted by molar-refractivity contribution is 8.00. The van der Waals surface area contributed by atoms with Gasteiger partial charge in [-0.3, -0.25) is 4.79 Å². The Morgan fingerprint density at radius 1 is 1.00 bits per heavy atom. The monoisotopic (exact) mass is 529 g/mol. The van der Waals surface area contributed by atoms with Crippen molar-refractivity contribution in [3.8, 4) is 0 Å². The maximum atomic E-state index is 13.1. The number of thioether (sulfide) groups is 1. The molecule has 0 saturated carbocycles. The van der Waals surface area contributed by atoms with E-state index < -0.39 is 5.51 Å². The standard InChI is InChI=1S/C27H26F3N3OS2/c28-27(29,30)36-21-12-13-25-23(17-21)33(22-10-4-5-11-24(22)35-25)15-6-9-20-18-31-14-16-32(20)26(34)19-7-2-1-3-8-19/h1-5,7-8,10-13,17,20,31H,6,9,14-16,18H2. The number of piperazine rings is 1. The zero-order chi connectivity index (χ0) is 25.1. The van der Waals surface area contributed by atoms with Crippen LogP contribution in [0.1, 0.15) is 23.2 Å². The Morgan fingerprint density at radius 2 is 1.75 bits per heavy atom. The average Bonchev–Trinajstić information content (AvgIpc) is 2.88. The molecule has 2 heterocycles. The Bertz CT molecular complexity index is 1220. The van der Waals surface area contributed by atoms with Crippen molar-refractivity contribution in [3.05, 3.63) is 78.4 Å². The van der Waals surface area contributed by atoms with Gasteiger partial charge >= 0.3 is 5.51 Å². The minimum Gasteiger partial charge on any atom is -0.340 e. The van der Waals surface area contributed by atoms with Gasteiger partial charge in [0.05, 0.1) is 11.4 Å². The van der Waals surface area contributed by atoms with E-state index in [9.17, 15) is 18.0 Å². The highest BCUT2D eigenvalue weighted by Crippen LogP contribution is 2.50. The van der Waals surface area contributed by atoms with E-state index in [1.54, 1.807) is 23.9 Å². The van der Waals surface area contributed by atoms with Gasteiger partial charge < -0.3 is 15.1 Å². The van der Waals surface area contributed by atoms with E-state index >= 15 is 0 Å². The molecule has 188 valence electrons. The van der Waals surface area contributed by atoms with Gasteiger partial charge in [0.15, 0.2) is 0 Å². The molecular formula is C27H26F3N3OS2. The number of carbonyl (C=O) groups excluding carboxylic acids is 1. The molecule has 1 fully saturated rings. The van der Waals surface area contributed by atoms with Crippen LogP contribution in [0.4, 0.5) is 24.5 Å².